The minimum atomic E-state index is -1.86. The Labute approximate surface area is 207 Å². The number of nitrogens with zero attached hydrogens (tertiary/aromatic N) is 2. The molecular weight excluding hydrogens is 456 g/mol. The van der Waals surface area contributed by atoms with Gasteiger partial charge in [-0.2, -0.15) is 0 Å². The predicted octanol–water partition coefficient (Wildman–Crippen LogP) is 3.90. The first kappa shape index (κ1) is 22.4. The van der Waals surface area contributed by atoms with Crippen LogP contribution in [0.25, 0.3) is 22.3 Å². The van der Waals surface area contributed by atoms with Gasteiger partial charge in [-0.25, -0.2) is 9.78 Å². The van der Waals surface area contributed by atoms with E-state index in [0.29, 0.717) is 47.5 Å². The summed E-state index contributed by atoms with van der Waals surface area (Å²) in [5, 5.41) is 12.0. The number of aryl methyl sites for hydroxylation is 1. The lowest BCUT2D eigenvalue weighted by Gasteiger charge is -2.31. The van der Waals surface area contributed by atoms with Crippen molar-refractivity contribution in [3.63, 3.8) is 0 Å². The van der Waals surface area contributed by atoms with Crippen molar-refractivity contribution in [3.05, 3.63) is 98.8 Å². The standard InChI is InChI=1S/C29H24N2O5/c1-2-29(35)22-14-23-26-20(15-31(23)27(33)21(22)16-36-28(29)34)13-19-10-6-9-18(25(19)30-26)11-12-24(32)17-7-4-3-5-8-17/h3-10,13-14,35H,2,11-12,15-16H2,1H3/t29-/m0/s1. The highest BCUT2D eigenvalue weighted by molar-refractivity contribution is 5.96. The molecule has 36 heavy (non-hydrogen) atoms. The summed E-state index contributed by atoms with van der Waals surface area (Å²) in [5.41, 5.74) is 3.01. The Kier molecular flexibility index (Phi) is 5.12. The summed E-state index contributed by atoms with van der Waals surface area (Å²) in [6.07, 6.45) is 0.992. The van der Waals surface area contributed by atoms with E-state index in [-0.39, 0.29) is 24.4 Å². The minimum Gasteiger partial charge on any atom is -0.458 e. The molecule has 1 atom stereocenters. The van der Waals surface area contributed by atoms with E-state index in [2.05, 4.69) is 0 Å². The number of para-hydroxylation sites is 1. The maximum absolute atomic E-state index is 13.4. The molecule has 2 aliphatic heterocycles. The minimum absolute atomic E-state index is 0.0722. The van der Waals surface area contributed by atoms with Gasteiger partial charge in [-0.3, -0.25) is 9.59 Å². The van der Waals surface area contributed by atoms with Crippen LogP contribution in [0.3, 0.4) is 0 Å². The van der Waals surface area contributed by atoms with Crippen LogP contribution in [0, 0.1) is 0 Å². The lowest BCUT2D eigenvalue weighted by Crippen LogP contribution is -2.44. The molecule has 0 fully saturated rings. The second-order valence-electron chi connectivity index (χ2n) is 9.38. The lowest BCUT2D eigenvalue weighted by molar-refractivity contribution is -0.172. The van der Waals surface area contributed by atoms with Crippen molar-refractivity contribution in [1.29, 1.82) is 0 Å². The normalized spacial score (nSPS) is 17.9. The van der Waals surface area contributed by atoms with Crippen LogP contribution in [0.1, 0.15) is 52.4 Å². The summed E-state index contributed by atoms with van der Waals surface area (Å²) < 4.78 is 6.77. The van der Waals surface area contributed by atoms with Gasteiger partial charge in [-0.15, -0.1) is 0 Å². The zero-order valence-electron chi connectivity index (χ0n) is 19.8. The average molecular weight is 481 g/mol. The zero-order chi connectivity index (χ0) is 25.0. The summed E-state index contributed by atoms with van der Waals surface area (Å²) in [7, 11) is 0. The number of benzene rings is 2. The number of aliphatic hydroxyl groups is 1. The maximum atomic E-state index is 13.4. The third-order valence-electron chi connectivity index (χ3n) is 7.34. The number of pyridine rings is 2. The van der Waals surface area contributed by atoms with Crippen molar-refractivity contribution in [2.75, 3.05) is 0 Å². The second-order valence-corrected chi connectivity index (χ2v) is 9.38. The molecule has 0 bridgehead atoms. The number of fused-ring (bicyclic) bond motifs is 5. The van der Waals surface area contributed by atoms with Crippen LogP contribution < -0.4 is 5.56 Å². The molecule has 7 nitrogen and oxygen atoms in total. The van der Waals surface area contributed by atoms with Crippen molar-refractivity contribution in [2.24, 2.45) is 0 Å². The number of esters is 1. The summed E-state index contributed by atoms with van der Waals surface area (Å²) in [6.45, 7) is 1.89. The Hall–Kier alpha value is -4.10. The Bertz CT molecular complexity index is 1620. The van der Waals surface area contributed by atoms with E-state index in [1.165, 1.54) is 0 Å². The molecule has 0 amide bonds. The molecule has 2 aliphatic rings. The second kappa shape index (κ2) is 8.24. The molecule has 0 saturated carbocycles. The number of carbonyl (C=O) groups is 2. The van der Waals surface area contributed by atoms with Gasteiger partial charge in [0.15, 0.2) is 11.4 Å². The van der Waals surface area contributed by atoms with E-state index in [4.69, 9.17) is 9.72 Å². The number of aromatic nitrogens is 2. The van der Waals surface area contributed by atoms with Crippen LogP contribution in [-0.2, 0) is 34.7 Å². The third kappa shape index (κ3) is 3.31. The van der Waals surface area contributed by atoms with Crippen molar-refractivity contribution in [2.45, 2.75) is 44.9 Å². The number of ketones is 1. The number of cyclic esters (lactones) is 1. The number of Topliss-reactive ketones (excluding diaryl/α,β-unsaturated/α-hetero) is 1. The maximum Gasteiger partial charge on any atom is 0.343 e. The fraction of sp³-hybridized carbons (Fsp3) is 0.241. The van der Waals surface area contributed by atoms with Gasteiger partial charge in [0, 0.05) is 28.5 Å². The SMILES string of the molecule is CC[C@@]1(O)C(=O)OCc2c1cc1n(c2=O)Cc2cc3cccc(CCC(=O)c4ccccc4)c3nc2-1. The van der Waals surface area contributed by atoms with Gasteiger partial charge in [0.2, 0.25) is 0 Å². The number of carbonyl (C=O) groups excluding carboxylic acids is 2. The first-order chi connectivity index (χ1) is 17.4. The van der Waals surface area contributed by atoms with E-state index >= 15 is 0 Å². The van der Waals surface area contributed by atoms with E-state index in [1.54, 1.807) is 17.6 Å². The van der Waals surface area contributed by atoms with Gasteiger partial charge in [-0.05, 0) is 30.5 Å². The molecule has 0 unspecified atom stereocenters. The van der Waals surface area contributed by atoms with E-state index in [0.717, 1.165) is 22.0 Å². The highest BCUT2D eigenvalue weighted by Gasteiger charge is 2.45. The van der Waals surface area contributed by atoms with Gasteiger partial charge >= 0.3 is 5.97 Å². The fourth-order valence-electron chi connectivity index (χ4n) is 5.29. The molecular formula is C29H24N2O5. The van der Waals surface area contributed by atoms with Gasteiger partial charge in [0.1, 0.15) is 6.61 Å². The summed E-state index contributed by atoms with van der Waals surface area (Å²) in [4.78, 5) is 43.4. The number of hydrogen-bond acceptors (Lipinski definition) is 6. The van der Waals surface area contributed by atoms with Crippen molar-refractivity contribution < 1.29 is 19.4 Å². The Morgan fingerprint density at radius 3 is 2.69 bits per heavy atom. The molecule has 0 saturated heterocycles. The Morgan fingerprint density at radius 2 is 1.92 bits per heavy atom. The highest BCUT2D eigenvalue weighted by Crippen LogP contribution is 2.39. The van der Waals surface area contributed by atoms with E-state index < -0.39 is 11.6 Å². The van der Waals surface area contributed by atoms with Crippen LogP contribution in [0.2, 0.25) is 0 Å². The van der Waals surface area contributed by atoms with E-state index in [9.17, 15) is 19.5 Å². The van der Waals surface area contributed by atoms with Crippen LogP contribution >= 0.6 is 0 Å². The zero-order valence-corrected chi connectivity index (χ0v) is 19.8. The van der Waals surface area contributed by atoms with Crippen molar-refractivity contribution >= 4 is 22.7 Å². The molecule has 7 heteroatoms. The van der Waals surface area contributed by atoms with Crippen LogP contribution in [-0.4, -0.2) is 26.4 Å². The molecule has 0 spiro atoms. The molecule has 0 radical (unpaired) electrons. The summed E-state index contributed by atoms with van der Waals surface area (Å²) in [5.74, 6) is -0.667. The molecule has 1 N–H and O–H groups in total. The van der Waals surface area contributed by atoms with Crippen molar-refractivity contribution in [3.8, 4) is 11.4 Å². The van der Waals surface area contributed by atoms with Gasteiger partial charge in [-0.1, -0.05) is 55.5 Å². The molecule has 2 aromatic carbocycles. The van der Waals surface area contributed by atoms with Crippen LogP contribution in [0.5, 0.6) is 0 Å². The molecule has 2 aromatic heterocycles. The summed E-state index contributed by atoms with van der Waals surface area (Å²) in [6, 6.07) is 18.9. The average Bonchev–Trinajstić information content (AvgIpc) is 3.27. The van der Waals surface area contributed by atoms with Gasteiger partial charge < -0.3 is 14.4 Å². The number of ether oxygens (including phenoxy) is 1. The largest absolute Gasteiger partial charge is 0.458 e. The molecule has 0 aliphatic carbocycles. The van der Waals surface area contributed by atoms with Crippen molar-refractivity contribution in [1.82, 2.24) is 9.55 Å². The smallest absolute Gasteiger partial charge is 0.343 e. The Balaban J connectivity index is 1.43. The first-order valence-corrected chi connectivity index (χ1v) is 12.1. The molecule has 4 aromatic rings. The van der Waals surface area contributed by atoms with Gasteiger partial charge in [0.05, 0.1) is 29.0 Å². The first-order valence-electron chi connectivity index (χ1n) is 12.1. The number of hydrogen-bond donors (Lipinski definition) is 1. The quantitative estimate of drug-likeness (QED) is 0.303. The monoisotopic (exact) mass is 480 g/mol. The van der Waals surface area contributed by atoms with Gasteiger partial charge in [0.25, 0.3) is 5.56 Å². The Morgan fingerprint density at radius 1 is 1.11 bits per heavy atom. The molecule has 4 heterocycles. The molecule has 6 rings (SSSR count). The molecule has 180 valence electrons. The highest BCUT2D eigenvalue weighted by atomic mass is 16.6. The van der Waals surface area contributed by atoms with Crippen LogP contribution in [0.4, 0.5) is 0 Å². The fourth-order valence-corrected chi connectivity index (χ4v) is 5.29. The predicted molar refractivity (Wildman–Crippen MR) is 134 cm³/mol. The topological polar surface area (TPSA) is 98.5 Å². The third-order valence-corrected chi connectivity index (χ3v) is 7.34. The number of rotatable bonds is 5. The van der Waals surface area contributed by atoms with Crippen LogP contribution in [0.15, 0.2) is 65.5 Å². The summed E-state index contributed by atoms with van der Waals surface area (Å²) >= 11 is 0. The van der Waals surface area contributed by atoms with E-state index in [1.807, 2.05) is 54.6 Å². The lowest BCUT2D eigenvalue weighted by atomic mass is 9.86.